The number of non-ortho nitro benzene ring substituents is 1. The summed E-state index contributed by atoms with van der Waals surface area (Å²) in [5.74, 6) is -0.539. The van der Waals surface area contributed by atoms with Crippen LogP contribution in [0, 0.1) is 21.4 Å². The Morgan fingerprint density at radius 3 is 2.79 bits per heavy atom. The average Bonchev–Trinajstić information content (AvgIpc) is 3.10. The molecule has 4 N–H and O–H groups in total. The minimum Gasteiger partial charge on any atom is -0.508 e. The zero-order valence-corrected chi connectivity index (χ0v) is 14.3. The van der Waals surface area contributed by atoms with Crippen LogP contribution in [0.2, 0.25) is 0 Å². The summed E-state index contributed by atoms with van der Waals surface area (Å²) in [5.41, 5.74) is 8.08. The molecule has 1 aromatic heterocycles. The lowest BCUT2D eigenvalue weighted by Crippen LogP contribution is -2.20. The third-order valence-electron chi connectivity index (χ3n) is 4.49. The summed E-state index contributed by atoms with van der Waals surface area (Å²) in [4.78, 5) is 10.6. The van der Waals surface area contributed by atoms with Crippen molar-refractivity contribution in [2.24, 2.45) is 5.73 Å². The molecule has 2 aromatic carbocycles. The number of ether oxygens (including phenoxy) is 1. The van der Waals surface area contributed by atoms with Crippen molar-refractivity contribution in [3.05, 3.63) is 81.2 Å². The van der Waals surface area contributed by atoms with E-state index in [9.17, 15) is 20.5 Å². The number of aromatic amines is 1. The first-order valence-electron chi connectivity index (χ1n) is 8.19. The molecule has 0 fully saturated rings. The monoisotopic (exact) mass is 375 g/mol. The third kappa shape index (κ3) is 2.69. The topological polar surface area (TPSA) is 151 Å². The molecule has 0 saturated heterocycles. The van der Waals surface area contributed by atoms with Gasteiger partial charge in [-0.1, -0.05) is 24.3 Å². The molecular weight excluding hydrogens is 362 g/mol. The highest BCUT2D eigenvalue weighted by Gasteiger charge is 2.35. The lowest BCUT2D eigenvalue weighted by molar-refractivity contribution is -0.384. The Bertz CT molecular complexity index is 1180. The van der Waals surface area contributed by atoms with Gasteiger partial charge in [0.1, 0.15) is 17.4 Å². The van der Waals surface area contributed by atoms with Crippen LogP contribution in [0.5, 0.6) is 11.6 Å². The molecule has 2 heterocycles. The van der Waals surface area contributed by atoms with E-state index in [1.165, 1.54) is 24.3 Å². The summed E-state index contributed by atoms with van der Waals surface area (Å²) in [6.45, 7) is 0. The van der Waals surface area contributed by atoms with Gasteiger partial charge in [-0.3, -0.25) is 15.2 Å². The highest BCUT2D eigenvalue weighted by molar-refractivity contribution is 5.72. The standard InChI is InChI=1S/C19H13N5O4/c20-9-14-15(10-3-2-6-13(25)8-10)16-17(22-23-19(16)28-18(14)21)11-4-1-5-12(7-11)24(26)27/h1-8,15,25H,21H2,(H,22,23)/t15-/m0/s1. The fourth-order valence-corrected chi connectivity index (χ4v) is 3.28. The highest BCUT2D eigenvalue weighted by atomic mass is 16.6. The molecule has 0 radical (unpaired) electrons. The third-order valence-corrected chi connectivity index (χ3v) is 4.49. The predicted molar refractivity (Wildman–Crippen MR) is 98.1 cm³/mol. The number of nitrogens with two attached hydrogens (primary N) is 1. The number of rotatable bonds is 3. The molecule has 0 spiro atoms. The van der Waals surface area contributed by atoms with Crippen LogP contribution < -0.4 is 10.5 Å². The van der Waals surface area contributed by atoms with Gasteiger partial charge in [0.15, 0.2) is 0 Å². The van der Waals surface area contributed by atoms with Gasteiger partial charge in [-0.05, 0) is 17.7 Å². The molecule has 4 rings (SSSR count). The number of allylic oxidation sites excluding steroid dienone is 1. The van der Waals surface area contributed by atoms with E-state index in [1.54, 1.807) is 24.3 Å². The second-order valence-electron chi connectivity index (χ2n) is 6.14. The zero-order valence-electron chi connectivity index (χ0n) is 14.3. The number of hydrogen-bond donors (Lipinski definition) is 3. The SMILES string of the molecule is N#CC1=C(N)Oc2n[nH]c(-c3cccc([N+](=O)[O-])c3)c2[C@H]1c1cccc(O)c1. The van der Waals surface area contributed by atoms with Crippen LogP contribution in [0.25, 0.3) is 11.3 Å². The molecule has 1 aliphatic rings. The van der Waals surface area contributed by atoms with Crippen LogP contribution in [0.4, 0.5) is 5.69 Å². The first kappa shape index (κ1) is 17.1. The van der Waals surface area contributed by atoms with Gasteiger partial charge in [0.2, 0.25) is 11.8 Å². The number of benzene rings is 2. The van der Waals surface area contributed by atoms with E-state index < -0.39 is 10.8 Å². The van der Waals surface area contributed by atoms with Gasteiger partial charge < -0.3 is 15.6 Å². The molecule has 1 aliphatic heterocycles. The first-order valence-corrected chi connectivity index (χ1v) is 8.19. The Kier molecular flexibility index (Phi) is 3.94. The predicted octanol–water partition coefficient (Wildman–Crippen LogP) is 2.91. The molecule has 0 bridgehead atoms. The Labute approximate surface area is 158 Å². The van der Waals surface area contributed by atoms with Crippen molar-refractivity contribution in [1.29, 1.82) is 5.26 Å². The maximum absolute atomic E-state index is 11.1. The van der Waals surface area contributed by atoms with Gasteiger partial charge in [-0.25, -0.2) is 0 Å². The normalized spacial score (nSPS) is 15.5. The Hall–Kier alpha value is -4.32. The van der Waals surface area contributed by atoms with E-state index in [4.69, 9.17) is 10.5 Å². The summed E-state index contributed by atoms with van der Waals surface area (Å²) in [6.07, 6.45) is 0. The summed E-state index contributed by atoms with van der Waals surface area (Å²) in [7, 11) is 0. The summed E-state index contributed by atoms with van der Waals surface area (Å²) in [6, 6.07) is 14.5. The molecular formula is C19H13N5O4. The zero-order chi connectivity index (χ0) is 19.8. The number of nitriles is 1. The molecule has 0 saturated carbocycles. The van der Waals surface area contributed by atoms with E-state index in [1.807, 2.05) is 0 Å². The van der Waals surface area contributed by atoms with E-state index >= 15 is 0 Å². The maximum atomic E-state index is 11.1. The van der Waals surface area contributed by atoms with Crippen LogP contribution in [0.1, 0.15) is 17.0 Å². The summed E-state index contributed by atoms with van der Waals surface area (Å²) < 4.78 is 5.49. The van der Waals surface area contributed by atoms with Gasteiger partial charge in [-0.15, -0.1) is 5.10 Å². The van der Waals surface area contributed by atoms with Gasteiger partial charge in [0.25, 0.3) is 5.69 Å². The number of H-pyrrole nitrogens is 1. The molecule has 0 aliphatic carbocycles. The Morgan fingerprint density at radius 1 is 1.29 bits per heavy atom. The fraction of sp³-hybridized carbons (Fsp3) is 0.0526. The van der Waals surface area contributed by atoms with Crippen LogP contribution in [-0.2, 0) is 0 Å². The van der Waals surface area contributed by atoms with Crippen molar-refractivity contribution in [2.75, 3.05) is 0 Å². The average molecular weight is 375 g/mol. The minimum atomic E-state index is -0.658. The van der Waals surface area contributed by atoms with Crippen molar-refractivity contribution in [1.82, 2.24) is 10.2 Å². The van der Waals surface area contributed by atoms with Crippen LogP contribution in [0.15, 0.2) is 60.0 Å². The molecule has 0 amide bonds. The van der Waals surface area contributed by atoms with E-state index in [-0.39, 0.29) is 28.8 Å². The van der Waals surface area contributed by atoms with Gasteiger partial charge in [0.05, 0.1) is 22.1 Å². The number of nitro groups is 1. The molecule has 1 atom stereocenters. The van der Waals surface area contributed by atoms with Crippen molar-refractivity contribution < 1.29 is 14.8 Å². The van der Waals surface area contributed by atoms with Crippen molar-refractivity contribution in [2.45, 2.75) is 5.92 Å². The number of nitrogens with zero attached hydrogens (tertiary/aromatic N) is 3. The number of nitro benzene ring substituents is 1. The van der Waals surface area contributed by atoms with Crippen LogP contribution in [-0.4, -0.2) is 20.2 Å². The maximum Gasteiger partial charge on any atom is 0.270 e. The molecule has 28 heavy (non-hydrogen) atoms. The van der Waals surface area contributed by atoms with Crippen molar-refractivity contribution >= 4 is 5.69 Å². The number of aromatic nitrogens is 2. The highest BCUT2D eigenvalue weighted by Crippen LogP contribution is 2.46. The van der Waals surface area contributed by atoms with Crippen molar-refractivity contribution in [3.8, 4) is 29.0 Å². The number of phenols is 1. The lowest BCUT2D eigenvalue weighted by Gasteiger charge is -2.24. The van der Waals surface area contributed by atoms with E-state index in [0.29, 0.717) is 22.4 Å². The number of aromatic hydroxyl groups is 1. The Morgan fingerprint density at radius 2 is 2.07 bits per heavy atom. The number of nitrogens with one attached hydrogen (secondary N) is 1. The van der Waals surface area contributed by atoms with Crippen LogP contribution >= 0.6 is 0 Å². The minimum absolute atomic E-state index is 0.0294. The lowest BCUT2D eigenvalue weighted by atomic mass is 9.83. The first-order chi connectivity index (χ1) is 13.5. The van der Waals surface area contributed by atoms with E-state index in [0.717, 1.165) is 0 Å². The van der Waals surface area contributed by atoms with E-state index in [2.05, 4.69) is 16.3 Å². The molecule has 9 heteroatoms. The smallest absolute Gasteiger partial charge is 0.270 e. The second-order valence-corrected chi connectivity index (χ2v) is 6.14. The molecule has 3 aromatic rings. The van der Waals surface area contributed by atoms with Crippen molar-refractivity contribution in [3.63, 3.8) is 0 Å². The number of fused-ring (bicyclic) bond motifs is 1. The second kappa shape index (κ2) is 6.44. The largest absolute Gasteiger partial charge is 0.508 e. The Balaban J connectivity index is 1.95. The quantitative estimate of drug-likeness (QED) is 0.470. The van der Waals surface area contributed by atoms with Gasteiger partial charge in [0, 0.05) is 17.7 Å². The molecule has 9 nitrogen and oxygen atoms in total. The number of phenolic OH excluding ortho intramolecular Hbond substituents is 1. The van der Waals surface area contributed by atoms with Gasteiger partial charge in [-0.2, -0.15) is 5.26 Å². The van der Waals surface area contributed by atoms with Crippen LogP contribution in [0.3, 0.4) is 0 Å². The number of hydrogen-bond acceptors (Lipinski definition) is 7. The summed E-state index contributed by atoms with van der Waals surface area (Å²) >= 11 is 0. The molecule has 0 unspecified atom stereocenters. The summed E-state index contributed by atoms with van der Waals surface area (Å²) in [5, 5.41) is 37.6. The fourth-order valence-electron chi connectivity index (χ4n) is 3.28. The molecule has 138 valence electrons. The van der Waals surface area contributed by atoms with Gasteiger partial charge >= 0.3 is 0 Å².